The van der Waals surface area contributed by atoms with Gasteiger partial charge in [0.2, 0.25) is 0 Å². The van der Waals surface area contributed by atoms with Crippen molar-refractivity contribution in [3.63, 3.8) is 0 Å². The minimum Gasteiger partial charge on any atom is -0.870 e. The zero-order chi connectivity index (χ0) is 0. The third-order valence-electron chi connectivity index (χ3n) is 0. The van der Waals surface area contributed by atoms with E-state index in [0.29, 0.717) is 0 Å². The Labute approximate surface area is 55.0 Å². The summed E-state index contributed by atoms with van der Waals surface area (Å²) >= 11 is 0. The summed E-state index contributed by atoms with van der Waals surface area (Å²) in [7, 11) is 0. The normalized spacial score (nSPS) is 0. The molecule has 0 heterocycles. The van der Waals surface area contributed by atoms with Crippen LogP contribution in [0.3, 0.4) is 0 Å². The first kappa shape index (κ1) is 54.4. The van der Waals surface area contributed by atoms with Crippen molar-refractivity contribution in [2.24, 2.45) is 0 Å². The summed E-state index contributed by atoms with van der Waals surface area (Å²) in [5, 5.41) is 0. The predicted molar refractivity (Wildman–Crippen MR) is 9.63 cm³/mol. The minimum atomic E-state index is 0. The van der Waals surface area contributed by atoms with Gasteiger partial charge in [-0.25, -0.2) is 0 Å². The van der Waals surface area contributed by atoms with Crippen LogP contribution in [0.15, 0.2) is 0 Å². The Hall–Kier alpha value is 1.37. The van der Waals surface area contributed by atoms with Gasteiger partial charge in [-0.3, -0.25) is 0 Å². The predicted octanol–water partition coefficient (Wildman–Crippen LogP) is -0.737. The van der Waals surface area contributed by atoms with Gasteiger partial charge in [0.25, 0.3) is 0 Å². The molecule has 0 unspecified atom stereocenters. The minimum absolute atomic E-state index is 0. The molecule has 0 fully saturated rings. The van der Waals surface area contributed by atoms with Crippen LogP contribution in [0.1, 0.15) is 0 Å². The summed E-state index contributed by atoms with van der Waals surface area (Å²) in [6.45, 7) is 0. The van der Waals surface area contributed by atoms with E-state index in [1.54, 1.807) is 0 Å². The molecule has 0 amide bonds. The molecular formula is H2MgO2Pt. The maximum atomic E-state index is 0. The molecular weight excluding hydrogens is 251 g/mol. The fraction of sp³-hybridized carbons (Fsp3) is 0. The van der Waals surface area contributed by atoms with E-state index in [1.807, 2.05) is 0 Å². The van der Waals surface area contributed by atoms with Gasteiger partial charge < -0.3 is 11.0 Å². The van der Waals surface area contributed by atoms with Crippen LogP contribution >= 0.6 is 0 Å². The molecule has 0 rings (SSSR count). The maximum Gasteiger partial charge on any atom is 2.00 e. The Morgan fingerprint density at radius 3 is 0.750 bits per heavy atom. The smallest absolute Gasteiger partial charge is 0.870 e. The third-order valence-corrected chi connectivity index (χ3v) is 0. The zero-order valence-corrected chi connectivity index (χ0v) is 5.60. The molecule has 0 aromatic carbocycles. The number of rotatable bonds is 0. The molecule has 4 heavy (non-hydrogen) atoms. The topological polar surface area (TPSA) is 60.0 Å². The summed E-state index contributed by atoms with van der Waals surface area (Å²) < 4.78 is 0. The molecule has 0 aromatic rings. The molecule has 0 aromatic heterocycles. The summed E-state index contributed by atoms with van der Waals surface area (Å²) in [4.78, 5) is 0. The van der Waals surface area contributed by atoms with E-state index >= 15 is 0 Å². The Balaban J connectivity index is 0. The second kappa shape index (κ2) is 26.4. The SMILES string of the molecule is [Mg+2].[OH-].[OH-].[Pt]. The van der Waals surface area contributed by atoms with E-state index in [1.165, 1.54) is 0 Å². The molecule has 0 aliphatic carbocycles. The molecule has 2 nitrogen and oxygen atoms in total. The van der Waals surface area contributed by atoms with E-state index in [9.17, 15) is 0 Å². The van der Waals surface area contributed by atoms with E-state index in [2.05, 4.69) is 0 Å². The van der Waals surface area contributed by atoms with Crippen molar-refractivity contribution >= 4 is 23.1 Å². The van der Waals surface area contributed by atoms with Crippen molar-refractivity contribution in [2.75, 3.05) is 0 Å². The van der Waals surface area contributed by atoms with E-state index in [0.717, 1.165) is 0 Å². The molecule has 0 saturated carbocycles. The van der Waals surface area contributed by atoms with Crippen molar-refractivity contribution in [1.82, 2.24) is 0 Å². The molecule has 0 aliphatic rings. The fourth-order valence-electron chi connectivity index (χ4n) is 0. The Kier molecular flexibility index (Phi) is 359. The first-order valence-electron chi connectivity index (χ1n) is 0. The van der Waals surface area contributed by atoms with Crippen molar-refractivity contribution in [3.8, 4) is 0 Å². The zero-order valence-electron chi connectivity index (χ0n) is 1.92. The molecule has 2 N–H and O–H groups in total. The van der Waals surface area contributed by atoms with Gasteiger partial charge in [0.15, 0.2) is 0 Å². The van der Waals surface area contributed by atoms with Crippen LogP contribution in [0.2, 0.25) is 0 Å². The van der Waals surface area contributed by atoms with Crippen LogP contribution in [0.25, 0.3) is 0 Å². The van der Waals surface area contributed by atoms with E-state index in [-0.39, 0.29) is 55.1 Å². The standard InChI is InChI=1S/Mg.2H2O.Pt/h;2*1H2;/q+2;;;/p-2. The van der Waals surface area contributed by atoms with Gasteiger partial charge >= 0.3 is 23.1 Å². The first-order valence-corrected chi connectivity index (χ1v) is 0. The molecule has 0 radical (unpaired) electrons. The Morgan fingerprint density at radius 2 is 0.750 bits per heavy atom. The molecule has 4 heteroatoms. The van der Waals surface area contributed by atoms with Crippen molar-refractivity contribution < 1.29 is 32.0 Å². The van der Waals surface area contributed by atoms with Crippen LogP contribution in [0.4, 0.5) is 0 Å². The van der Waals surface area contributed by atoms with Gasteiger partial charge in [-0.15, -0.1) is 0 Å². The van der Waals surface area contributed by atoms with Gasteiger partial charge in [-0.1, -0.05) is 0 Å². The fourth-order valence-corrected chi connectivity index (χ4v) is 0. The van der Waals surface area contributed by atoms with Crippen molar-refractivity contribution in [3.05, 3.63) is 0 Å². The third kappa shape index (κ3) is 10.1. The van der Waals surface area contributed by atoms with Crippen molar-refractivity contribution in [1.29, 1.82) is 0 Å². The van der Waals surface area contributed by atoms with Crippen molar-refractivity contribution in [2.45, 2.75) is 0 Å². The molecule has 0 bridgehead atoms. The summed E-state index contributed by atoms with van der Waals surface area (Å²) in [6, 6.07) is 0. The summed E-state index contributed by atoms with van der Waals surface area (Å²) in [5.41, 5.74) is 0. The number of hydrogen-bond acceptors (Lipinski definition) is 2. The maximum absolute atomic E-state index is 0. The molecule has 0 aliphatic heterocycles. The van der Waals surface area contributed by atoms with Crippen LogP contribution in [0.5, 0.6) is 0 Å². The van der Waals surface area contributed by atoms with Crippen LogP contribution in [-0.2, 0) is 21.1 Å². The van der Waals surface area contributed by atoms with Crippen LogP contribution < -0.4 is 0 Å². The number of hydrogen-bond donors (Lipinski definition) is 0. The Morgan fingerprint density at radius 1 is 0.750 bits per heavy atom. The second-order valence-corrected chi connectivity index (χ2v) is 0. The molecule has 26 valence electrons. The van der Waals surface area contributed by atoms with E-state index < -0.39 is 0 Å². The molecule has 0 atom stereocenters. The average molecular weight is 253 g/mol. The second-order valence-electron chi connectivity index (χ2n) is 0. The van der Waals surface area contributed by atoms with Crippen LogP contribution in [0, 0.1) is 0 Å². The Bertz CT molecular complexity index is 6.00. The van der Waals surface area contributed by atoms with Gasteiger partial charge in [0.05, 0.1) is 0 Å². The van der Waals surface area contributed by atoms with E-state index in [4.69, 9.17) is 0 Å². The van der Waals surface area contributed by atoms with Gasteiger partial charge in [-0.2, -0.15) is 0 Å². The van der Waals surface area contributed by atoms with Gasteiger partial charge in [0, 0.05) is 21.1 Å². The van der Waals surface area contributed by atoms with Gasteiger partial charge in [-0.05, 0) is 0 Å². The largest absolute Gasteiger partial charge is 2.00 e. The first-order chi connectivity index (χ1) is 0. The monoisotopic (exact) mass is 253 g/mol. The van der Waals surface area contributed by atoms with Gasteiger partial charge in [0.1, 0.15) is 0 Å². The quantitative estimate of drug-likeness (QED) is 0.534. The molecule has 0 spiro atoms. The molecule has 0 saturated heterocycles. The summed E-state index contributed by atoms with van der Waals surface area (Å²) in [6.07, 6.45) is 0. The average Bonchev–Trinajstić information content (AvgIpc) is 0. The van der Waals surface area contributed by atoms with Crippen LogP contribution in [-0.4, -0.2) is 34.0 Å². The summed E-state index contributed by atoms with van der Waals surface area (Å²) in [5.74, 6) is 0.